The monoisotopic (exact) mass is 183 g/mol. The quantitative estimate of drug-likeness (QED) is 0.705. The van der Waals surface area contributed by atoms with Crippen LogP contribution >= 0.6 is 0 Å². The summed E-state index contributed by atoms with van der Waals surface area (Å²) in [7, 11) is 1.33. The van der Waals surface area contributed by atoms with E-state index < -0.39 is 5.97 Å². The molecule has 0 saturated carbocycles. The maximum absolute atomic E-state index is 11.1. The van der Waals surface area contributed by atoms with E-state index in [1.807, 2.05) is 0 Å². The number of nitrogens with one attached hydrogen (secondary N) is 1. The Hall–Kier alpha value is -1.39. The fourth-order valence-corrected chi connectivity index (χ4v) is 1.03. The topological polar surface area (TPSA) is 67.9 Å². The number of nitrogens with zero attached hydrogens (tertiary/aromatic N) is 2. The zero-order valence-electron chi connectivity index (χ0n) is 7.83. The summed E-state index contributed by atoms with van der Waals surface area (Å²) in [6, 6.07) is 0. The Morgan fingerprint density at radius 3 is 2.92 bits per heavy atom. The number of methoxy groups -OCH3 is 1. The van der Waals surface area contributed by atoms with Crippen molar-refractivity contribution in [1.82, 2.24) is 15.4 Å². The fourth-order valence-electron chi connectivity index (χ4n) is 1.03. The van der Waals surface area contributed by atoms with Gasteiger partial charge in [-0.2, -0.15) is 10.3 Å². The third-order valence-electron chi connectivity index (χ3n) is 1.77. The molecule has 0 aliphatic carbocycles. The molecule has 0 atom stereocenters. The van der Waals surface area contributed by atoms with E-state index in [1.165, 1.54) is 7.11 Å². The summed E-state index contributed by atoms with van der Waals surface area (Å²) in [4.78, 5) is 11.1. The molecule has 0 spiro atoms. The van der Waals surface area contributed by atoms with Crippen LogP contribution in [0.3, 0.4) is 0 Å². The number of carbonyl (C=O) groups is 1. The number of aromatic nitrogens is 3. The molecule has 0 saturated heterocycles. The number of aryl methyl sites for hydroxylation is 1. The fraction of sp³-hybridized carbons (Fsp3) is 0.625. The SMILES string of the molecule is CCCCc1n[nH]nc1C(=O)OC. The lowest BCUT2D eigenvalue weighted by molar-refractivity contribution is 0.0592. The van der Waals surface area contributed by atoms with Gasteiger partial charge in [0.15, 0.2) is 5.69 Å². The standard InChI is InChI=1S/C8H13N3O2/c1-3-4-5-6-7(8(12)13-2)10-11-9-6/h3-5H2,1-2H3,(H,9,10,11). The van der Waals surface area contributed by atoms with Crippen LogP contribution in [-0.4, -0.2) is 28.5 Å². The van der Waals surface area contributed by atoms with Crippen molar-refractivity contribution in [3.63, 3.8) is 0 Å². The maximum Gasteiger partial charge on any atom is 0.360 e. The molecular weight excluding hydrogens is 170 g/mol. The van der Waals surface area contributed by atoms with E-state index in [4.69, 9.17) is 0 Å². The molecule has 0 radical (unpaired) electrons. The second kappa shape index (κ2) is 4.59. The lowest BCUT2D eigenvalue weighted by Crippen LogP contribution is -2.05. The minimum atomic E-state index is -0.431. The first-order valence-corrected chi connectivity index (χ1v) is 4.27. The first kappa shape index (κ1) is 9.70. The Kier molecular flexibility index (Phi) is 3.42. The van der Waals surface area contributed by atoms with Crippen molar-refractivity contribution in [3.05, 3.63) is 11.4 Å². The molecule has 0 aliphatic rings. The van der Waals surface area contributed by atoms with E-state index in [9.17, 15) is 4.79 Å². The molecule has 0 aliphatic heterocycles. The molecule has 1 N–H and O–H groups in total. The van der Waals surface area contributed by atoms with Crippen molar-refractivity contribution in [2.75, 3.05) is 7.11 Å². The molecule has 1 aromatic rings. The number of ether oxygens (including phenoxy) is 1. The first-order chi connectivity index (χ1) is 6.29. The van der Waals surface area contributed by atoms with Gasteiger partial charge in [-0.1, -0.05) is 13.3 Å². The Bertz CT molecular complexity index is 283. The minimum Gasteiger partial charge on any atom is -0.464 e. The first-order valence-electron chi connectivity index (χ1n) is 4.27. The second-order valence-electron chi connectivity index (χ2n) is 2.71. The van der Waals surface area contributed by atoms with Gasteiger partial charge in [0.05, 0.1) is 12.8 Å². The number of H-pyrrole nitrogens is 1. The molecule has 0 unspecified atom stereocenters. The van der Waals surface area contributed by atoms with Gasteiger partial charge in [0.1, 0.15) is 0 Å². The molecule has 0 fully saturated rings. The molecule has 1 aromatic heterocycles. The van der Waals surface area contributed by atoms with E-state index in [0.29, 0.717) is 11.4 Å². The molecule has 72 valence electrons. The molecule has 1 rings (SSSR count). The smallest absolute Gasteiger partial charge is 0.360 e. The van der Waals surface area contributed by atoms with Crippen molar-refractivity contribution in [1.29, 1.82) is 0 Å². The normalized spacial score (nSPS) is 10.0. The molecule has 5 heteroatoms. The average Bonchev–Trinajstić information content (AvgIpc) is 2.61. The Morgan fingerprint density at radius 2 is 2.31 bits per heavy atom. The van der Waals surface area contributed by atoms with Gasteiger partial charge in [-0.15, -0.1) is 5.10 Å². The predicted octanol–water partition coefficient (Wildman–Crippen LogP) is 0.934. The molecule has 0 amide bonds. The van der Waals surface area contributed by atoms with Crippen LogP contribution in [-0.2, 0) is 11.2 Å². The number of carbonyl (C=O) groups excluding carboxylic acids is 1. The molecule has 0 bridgehead atoms. The van der Waals surface area contributed by atoms with E-state index in [2.05, 4.69) is 27.1 Å². The molecular formula is C8H13N3O2. The summed E-state index contributed by atoms with van der Waals surface area (Å²) < 4.78 is 4.55. The summed E-state index contributed by atoms with van der Waals surface area (Å²) in [5.74, 6) is -0.431. The van der Waals surface area contributed by atoms with Crippen molar-refractivity contribution in [3.8, 4) is 0 Å². The van der Waals surface area contributed by atoms with E-state index in [0.717, 1.165) is 19.3 Å². The summed E-state index contributed by atoms with van der Waals surface area (Å²) in [6.45, 7) is 2.08. The predicted molar refractivity (Wildman–Crippen MR) is 46.3 cm³/mol. The largest absolute Gasteiger partial charge is 0.464 e. The van der Waals surface area contributed by atoms with E-state index in [1.54, 1.807) is 0 Å². The van der Waals surface area contributed by atoms with Crippen molar-refractivity contribution >= 4 is 5.97 Å². The van der Waals surface area contributed by atoms with Gasteiger partial charge in [-0.25, -0.2) is 4.79 Å². The van der Waals surface area contributed by atoms with Crippen LogP contribution < -0.4 is 0 Å². The van der Waals surface area contributed by atoms with Crippen LogP contribution in [0.1, 0.15) is 35.9 Å². The van der Waals surface area contributed by atoms with Crippen molar-refractivity contribution in [2.45, 2.75) is 26.2 Å². The maximum atomic E-state index is 11.1. The number of aromatic amines is 1. The number of esters is 1. The molecule has 13 heavy (non-hydrogen) atoms. The highest BCUT2D eigenvalue weighted by molar-refractivity contribution is 5.88. The third-order valence-corrected chi connectivity index (χ3v) is 1.77. The van der Waals surface area contributed by atoms with Gasteiger partial charge in [0.25, 0.3) is 0 Å². The van der Waals surface area contributed by atoms with Crippen LogP contribution in [0.15, 0.2) is 0 Å². The Morgan fingerprint density at radius 1 is 1.54 bits per heavy atom. The van der Waals surface area contributed by atoms with Gasteiger partial charge in [0, 0.05) is 0 Å². The number of hydrogen-bond acceptors (Lipinski definition) is 4. The highest BCUT2D eigenvalue weighted by Crippen LogP contribution is 2.06. The summed E-state index contributed by atoms with van der Waals surface area (Å²) >= 11 is 0. The average molecular weight is 183 g/mol. The summed E-state index contributed by atoms with van der Waals surface area (Å²) in [5, 5.41) is 10.0. The zero-order chi connectivity index (χ0) is 9.68. The molecule has 0 aromatic carbocycles. The second-order valence-corrected chi connectivity index (χ2v) is 2.71. The van der Waals surface area contributed by atoms with Crippen LogP contribution in [0.25, 0.3) is 0 Å². The minimum absolute atomic E-state index is 0.302. The van der Waals surface area contributed by atoms with E-state index in [-0.39, 0.29) is 0 Å². The van der Waals surface area contributed by atoms with Gasteiger partial charge in [0.2, 0.25) is 0 Å². The third kappa shape index (κ3) is 2.27. The van der Waals surface area contributed by atoms with Crippen molar-refractivity contribution in [2.24, 2.45) is 0 Å². The lowest BCUT2D eigenvalue weighted by atomic mass is 10.2. The number of unbranched alkanes of at least 4 members (excludes halogenated alkanes) is 1. The van der Waals surface area contributed by atoms with Crippen LogP contribution in [0.4, 0.5) is 0 Å². The van der Waals surface area contributed by atoms with Gasteiger partial charge in [-0.05, 0) is 12.8 Å². The number of hydrogen-bond donors (Lipinski definition) is 1. The molecule has 5 nitrogen and oxygen atoms in total. The summed E-state index contributed by atoms with van der Waals surface area (Å²) in [6.07, 6.45) is 2.82. The summed E-state index contributed by atoms with van der Waals surface area (Å²) in [5.41, 5.74) is 0.990. The molecule has 1 heterocycles. The van der Waals surface area contributed by atoms with Crippen molar-refractivity contribution < 1.29 is 9.53 Å². The van der Waals surface area contributed by atoms with Crippen LogP contribution in [0.2, 0.25) is 0 Å². The van der Waals surface area contributed by atoms with Crippen LogP contribution in [0.5, 0.6) is 0 Å². The Labute approximate surface area is 76.5 Å². The van der Waals surface area contributed by atoms with Gasteiger partial charge >= 0.3 is 5.97 Å². The van der Waals surface area contributed by atoms with E-state index >= 15 is 0 Å². The van der Waals surface area contributed by atoms with Crippen LogP contribution in [0, 0.1) is 0 Å². The lowest BCUT2D eigenvalue weighted by Gasteiger charge is -1.96. The highest BCUT2D eigenvalue weighted by Gasteiger charge is 2.15. The van der Waals surface area contributed by atoms with Gasteiger partial charge in [-0.3, -0.25) is 0 Å². The highest BCUT2D eigenvalue weighted by atomic mass is 16.5. The Balaban J connectivity index is 2.71. The zero-order valence-corrected chi connectivity index (χ0v) is 7.83. The van der Waals surface area contributed by atoms with Gasteiger partial charge < -0.3 is 4.74 Å². The number of rotatable bonds is 4.